The van der Waals surface area contributed by atoms with E-state index in [0.29, 0.717) is 12.2 Å². The summed E-state index contributed by atoms with van der Waals surface area (Å²) >= 11 is 0. The van der Waals surface area contributed by atoms with Crippen molar-refractivity contribution in [2.24, 2.45) is 0 Å². The molecule has 0 bridgehead atoms. The molecule has 0 saturated heterocycles. The summed E-state index contributed by atoms with van der Waals surface area (Å²) in [5.74, 6) is -0.591. The number of carbonyl (C=O) groups is 2. The molecule has 132 valence electrons. The number of hydrogen-bond donors (Lipinski definition) is 0. The van der Waals surface area contributed by atoms with Gasteiger partial charge in [0.25, 0.3) is 5.69 Å². The summed E-state index contributed by atoms with van der Waals surface area (Å²) in [4.78, 5) is 36.3. The minimum absolute atomic E-state index is 0.0605. The molecule has 1 atom stereocenters. The van der Waals surface area contributed by atoms with Gasteiger partial charge in [0.15, 0.2) is 0 Å². The maximum absolute atomic E-state index is 12.6. The predicted octanol–water partition coefficient (Wildman–Crippen LogP) is 2.72. The molecule has 0 aliphatic heterocycles. The Morgan fingerprint density at radius 2 is 1.96 bits per heavy atom. The van der Waals surface area contributed by atoms with Gasteiger partial charge in [0.2, 0.25) is 5.91 Å². The zero-order chi connectivity index (χ0) is 18.1. The summed E-state index contributed by atoms with van der Waals surface area (Å²) in [6.45, 7) is 6.10. The summed E-state index contributed by atoms with van der Waals surface area (Å²) in [5, 5.41) is 11.1. The Morgan fingerprint density at radius 3 is 2.54 bits per heavy atom. The van der Waals surface area contributed by atoms with Crippen molar-refractivity contribution in [3.05, 3.63) is 39.9 Å². The molecule has 7 heteroatoms. The van der Waals surface area contributed by atoms with Crippen LogP contribution in [0.25, 0.3) is 0 Å². The van der Waals surface area contributed by atoms with Crippen molar-refractivity contribution in [2.75, 3.05) is 13.2 Å². The fraction of sp³-hybridized carbons (Fsp3) is 0.529. The molecule has 1 aromatic rings. The van der Waals surface area contributed by atoms with E-state index < -0.39 is 4.92 Å². The topological polar surface area (TPSA) is 89.8 Å². The molecule has 1 rings (SSSR count). The molecule has 0 saturated carbocycles. The van der Waals surface area contributed by atoms with Crippen molar-refractivity contribution in [2.45, 2.75) is 46.1 Å². The number of esters is 1. The molecule has 0 aliphatic carbocycles. The van der Waals surface area contributed by atoms with Gasteiger partial charge in [0.05, 0.1) is 24.4 Å². The van der Waals surface area contributed by atoms with Crippen LogP contribution in [0, 0.1) is 10.1 Å². The number of nitro benzene ring substituents is 1. The van der Waals surface area contributed by atoms with Gasteiger partial charge in [-0.2, -0.15) is 0 Å². The van der Waals surface area contributed by atoms with Crippen molar-refractivity contribution in [3.8, 4) is 0 Å². The summed E-state index contributed by atoms with van der Waals surface area (Å²) in [6, 6.07) is 6.14. The highest BCUT2D eigenvalue weighted by Gasteiger charge is 2.23. The van der Waals surface area contributed by atoms with Crippen LogP contribution in [0.5, 0.6) is 0 Å². The SMILES string of the molecule is CCOC(=O)CCN(C(=O)Cc1ccccc1[N+](=O)[O-])C(C)CC. The van der Waals surface area contributed by atoms with Crippen LogP contribution in [0.2, 0.25) is 0 Å². The number of para-hydroxylation sites is 1. The maximum Gasteiger partial charge on any atom is 0.307 e. The quantitative estimate of drug-likeness (QED) is 0.393. The first-order chi connectivity index (χ1) is 11.4. The average Bonchev–Trinajstić information content (AvgIpc) is 2.55. The second-order valence-electron chi connectivity index (χ2n) is 5.46. The number of amides is 1. The Morgan fingerprint density at radius 1 is 1.29 bits per heavy atom. The molecular weight excluding hydrogens is 312 g/mol. The standard InChI is InChI=1S/C17H24N2O5/c1-4-13(3)18(11-10-17(21)24-5-2)16(20)12-14-8-6-7-9-15(14)19(22)23/h6-9,13H,4-5,10-12H2,1-3H3. The van der Waals surface area contributed by atoms with Crippen molar-refractivity contribution in [1.82, 2.24) is 4.90 Å². The van der Waals surface area contributed by atoms with E-state index in [9.17, 15) is 19.7 Å². The van der Waals surface area contributed by atoms with Crippen LogP contribution in [0.15, 0.2) is 24.3 Å². The highest BCUT2D eigenvalue weighted by atomic mass is 16.6. The van der Waals surface area contributed by atoms with Crippen LogP contribution in [0.4, 0.5) is 5.69 Å². The van der Waals surface area contributed by atoms with Gasteiger partial charge < -0.3 is 9.64 Å². The summed E-state index contributed by atoms with van der Waals surface area (Å²) in [7, 11) is 0. The van der Waals surface area contributed by atoms with Crippen molar-refractivity contribution in [3.63, 3.8) is 0 Å². The lowest BCUT2D eigenvalue weighted by molar-refractivity contribution is -0.385. The van der Waals surface area contributed by atoms with E-state index in [1.807, 2.05) is 13.8 Å². The van der Waals surface area contributed by atoms with E-state index in [-0.39, 0.29) is 43.0 Å². The third kappa shape index (κ3) is 5.64. The number of rotatable bonds is 9. The lowest BCUT2D eigenvalue weighted by Gasteiger charge is -2.28. The number of hydrogen-bond acceptors (Lipinski definition) is 5. The fourth-order valence-corrected chi connectivity index (χ4v) is 2.36. The fourth-order valence-electron chi connectivity index (χ4n) is 2.36. The zero-order valence-electron chi connectivity index (χ0n) is 14.4. The Kier molecular flexibility index (Phi) is 7.88. The summed E-state index contributed by atoms with van der Waals surface area (Å²) in [5.41, 5.74) is 0.303. The Bertz CT molecular complexity index is 588. The zero-order valence-corrected chi connectivity index (χ0v) is 14.4. The largest absolute Gasteiger partial charge is 0.466 e. The molecule has 1 amide bonds. The molecule has 1 aromatic carbocycles. The molecule has 0 spiro atoms. The Labute approximate surface area is 141 Å². The minimum atomic E-state index is -0.491. The molecule has 24 heavy (non-hydrogen) atoms. The smallest absolute Gasteiger partial charge is 0.307 e. The van der Waals surface area contributed by atoms with Gasteiger partial charge in [-0.25, -0.2) is 0 Å². The Hall–Kier alpha value is -2.44. The van der Waals surface area contributed by atoms with Crippen LogP contribution in [-0.4, -0.2) is 40.9 Å². The van der Waals surface area contributed by atoms with E-state index in [2.05, 4.69) is 0 Å². The number of nitrogens with zero attached hydrogens (tertiary/aromatic N) is 2. The first kappa shape index (κ1) is 19.6. The van der Waals surface area contributed by atoms with E-state index in [4.69, 9.17) is 4.74 Å². The number of carbonyl (C=O) groups excluding carboxylic acids is 2. The van der Waals surface area contributed by atoms with Crippen LogP contribution >= 0.6 is 0 Å². The molecule has 0 aliphatic rings. The second-order valence-corrected chi connectivity index (χ2v) is 5.46. The van der Waals surface area contributed by atoms with Crippen LogP contribution in [-0.2, 0) is 20.7 Å². The minimum Gasteiger partial charge on any atom is -0.466 e. The van der Waals surface area contributed by atoms with Crippen molar-refractivity contribution < 1.29 is 19.2 Å². The van der Waals surface area contributed by atoms with E-state index >= 15 is 0 Å². The summed E-state index contributed by atoms with van der Waals surface area (Å²) in [6.07, 6.45) is 0.774. The third-order valence-electron chi connectivity index (χ3n) is 3.84. The number of benzene rings is 1. The van der Waals surface area contributed by atoms with Gasteiger partial charge >= 0.3 is 5.97 Å². The average molecular weight is 336 g/mol. The van der Waals surface area contributed by atoms with E-state index in [1.165, 1.54) is 6.07 Å². The highest BCUT2D eigenvalue weighted by molar-refractivity contribution is 5.81. The molecule has 0 radical (unpaired) electrons. The van der Waals surface area contributed by atoms with Gasteiger partial charge in [0, 0.05) is 24.2 Å². The van der Waals surface area contributed by atoms with Crippen LogP contribution in [0.3, 0.4) is 0 Å². The first-order valence-corrected chi connectivity index (χ1v) is 8.08. The molecular formula is C17H24N2O5. The van der Waals surface area contributed by atoms with Crippen molar-refractivity contribution in [1.29, 1.82) is 0 Å². The molecule has 0 aromatic heterocycles. The molecule has 0 N–H and O–H groups in total. The van der Waals surface area contributed by atoms with Gasteiger partial charge in [-0.15, -0.1) is 0 Å². The lowest BCUT2D eigenvalue weighted by atomic mass is 10.1. The monoisotopic (exact) mass is 336 g/mol. The Balaban J connectivity index is 2.85. The van der Waals surface area contributed by atoms with Crippen molar-refractivity contribution >= 4 is 17.6 Å². The summed E-state index contributed by atoms with van der Waals surface area (Å²) < 4.78 is 4.89. The predicted molar refractivity (Wildman–Crippen MR) is 89.5 cm³/mol. The highest BCUT2D eigenvalue weighted by Crippen LogP contribution is 2.19. The van der Waals surface area contributed by atoms with Crippen LogP contribution < -0.4 is 0 Å². The van der Waals surface area contributed by atoms with Gasteiger partial charge in [-0.1, -0.05) is 25.1 Å². The lowest BCUT2D eigenvalue weighted by Crippen LogP contribution is -2.40. The maximum atomic E-state index is 12.6. The number of nitro groups is 1. The first-order valence-electron chi connectivity index (χ1n) is 8.08. The normalized spacial score (nSPS) is 11.6. The third-order valence-corrected chi connectivity index (χ3v) is 3.84. The molecule has 0 fully saturated rings. The van der Waals surface area contributed by atoms with Gasteiger partial charge in [-0.05, 0) is 20.3 Å². The number of ether oxygens (including phenoxy) is 1. The molecule has 0 heterocycles. The van der Waals surface area contributed by atoms with Gasteiger partial charge in [-0.3, -0.25) is 19.7 Å². The van der Waals surface area contributed by atoms with E-state index in [1.54, 1.807) is 30.0 Å². The van der Waals surface area contributed by atoms with Crippen LogP contribution in [0.1, 0.15) is 39.2 Å². The molecule has 7 nitrogen and oxygen atoms in total. The van der Waals surface area contributed by atoms with Gasteiger partial charge in [0.1, 0.15) is 0 Å². The van der Waals surface area contributed by atoms with E-state index in [0.717, 1.165) is 6.42 Å². The second kappa shape index (κ2) is 9.64. The molecule has 1 unspecified atom stereocenters.